The van der Waals surface area contributed by atoms with Crippen molar-refractivity contribution >= 4 is 29.4 Å². The molecule has 2 aromatic carbocycles. The van der Waals surface area contributed by atoms with Crippen molar-refractivity contribution in [1.29, 1.82) is 0 Å². The largest absolute Gasteiger partial charge is 0.486 e. The third kappa shape index (κ3) is 5.20. The van der Waals surface area contributed by atoms with E-state index in [1.807, 2.05) is 36.6 Å². The summed E-state index contributed by atoms with van der Waals surface area (Å²) in [6.45, 7) is 4.86. The second kappa shape index (κ2) is 9.73. The molecule has 166 valence electrons. The SMILES string of the molecule is Cc1cccc(-n2c(C)nnc2SCCC(=O)NC(=O)Nc2ccc3c(c2)OCCO3)c1. The van der Waals surface area contributed by atoms with Gasteiger partial charge >= 0.3 is 6.03 Å². The molecule has 10 heteroatoms. The lowest BCUT2D eigenvalue weighted by Gasteiger charge is -2.19. The quantitative estimate of drug-likeness (QED) is 0.550. The van der Waals surface area contributed by atoms with Crippen molar-refractivity contribution in [3.8, 4) is 17.2 Å². The van der Waals surface area contributed by atoms with E-state index in [1.165, 1.54) is 11.8 Å². The summed E-state index contributed by atoms with van der Waals surface area (Å²) in [6, 6.07) is 12.5. The van der Waals surface area contributed by atoms with Crippen molar-refractivity contribution in [2.45, 2.75) is 25.4 Å². The van der Waals surface area contributed by atoms with Gasteiger partial charge in [0.2, 0.25) is 5.91 Å². The van der Waals surface area contributed by atoms with Crippen LogP contribution in [0.1, 0.15) is 17.8 Å². The number of fused-ring (bicyclic) bond motifs is 1. The number of carbonyl (C=O) groups excluding carboxylic acids is 2. The lowest BCUT2D eigenvalue weighted by molar-refractivity contribution is -0.119. The molecule has 0 aliphatic carbocycles. The topological polar surface area (TPSA) is 107 Å². The molecular weight excluding hydrogens is 430 g/mol. The number of nitrogens with one attached hydrogen (secondary N) is 2. The molecule has 0 saturated heterocycles. The first kappa shape index (κ1) is 21.7. The number of carbonyl (C=O) groups is 2. The standard InChI is InChI=1S/C22H23N5O4S/c1-14-4-3-5-17(12-14)27-15(2)25-26-22(27)32-11-8-20(28)24-21(29)23-16-6-7-18-19(13-16)31-10-9-30-18/h3-7,12-13H,8-11H2,1-2H3,(H2,23,24,28,29). The van der Waals surface area contributed by atoms with Gasteiger partial charge in [0, 0.05) is 29.6 Å². The first-order valence-electron chi connectivity index (χ1n) is 10.1. The highest BCUT2D eigenvalue weighted by atomic mass is 32.2. The Balaban J connectivity index is 1.28. The maximum atomic E-state index is 12.2. The van der Waals surface area contributed by atoms with Crippen LogP contribution in [0.3, 0.4) is 0 Å². The molecule has 3 amide bonds. The Kier molecular flexibility index (Phi) is 6.60. The highest BCUT2D eigenvalue weighted by Gasteiger charge is 2.15. The Morgan fingerprint density at radius 1 is 1.06 bits per heavy atom. The number of thioether (sulfide) groups is 1. The molecule has 9 nitrogen and oxygen atoms in total. The third-order valence-electron chi connectivity index (χ3n) is 4.67. The molecule has 3 aromatic rings. The fourth-order valence-corrected chi connectivity index (χ4v) is 4.14. The molecular formula is C22H23N5O4S. The van der Waals surface area contributed by atoms with Crippen LogP contribution in [0.2, 0.25) is 0 Å². The van der Waals surface area contributed by atoms with Crippen molar-refractivity contribution in [3.05, 3.63) is 53.9 Å². The van der Waals surface area contributed by atoms with Crippen LogP contribution in [0, 0.1) is 13.8 Å². The summed E-state index contributed by atoms with van der Waals surface area (Å²) in [4.78, 5) is 24.3. The minimum atomic E-state index is -0.601. The molecule has 1 aliphatic rings. The molecule has 32 heavy (non-hydrogen) atoms. The van der Waals surface area contributed by atoms with Gasteiger partial charge in [0.25, 0.3) is 0 Å². The number of hydrogen-bond acceptors (Lipinski definition) is 7. The van der Waals surface area contributed by atoms with Gasteiger partial charge in [0.1, 0.15) is 19.0 Å². The Morgan fingerprint density at radius 2 is 1.88 bits per heavy atom. The average Bonchev–Trinajstić information content (AvgIpc) is 3.13. The van der Waals surface area contributed by atoms with E-state index in [9.17, 15) is 9.59 Å². The van der Waals surface area contributed by atoms with Gasteiger partial charge in [-0.3, -0.25) is 14.7 Å². The zero-order chi connectivity index (χ0) is 22.5. The molecule has 0 atom stereocenters. The Hall–Kier alpha value is -3.53. The number of aryl methyl sites for hydroxylation is 2. The maximum absolute atomic E-state index is 12.2. The lowest BCUT2D eigenvalue weighted by Crippen LogP contribution is -2.34. The summed E-state index contributed by atoms with van der Waals surface area (Å²) in [5.74, 6) is 2.02. The van der Waals surface area contributed by atoms with E-state index < -0.39 is 6.03 Å². The zero-order valence-electron chi connectivity index (χ0n) is 17.8. The molecule has 0 spiro atoms. The normalized spacial score (nSPS) is 12.3. The lowest BCUT2D eigenvalue weighted by atomic mass is 10.2. The molecule has 0 saturated carbocycles. The van der Waals surface area contributed by atoms with Crippen LogP contribution in [0.25, 0.3) is 5.69 Å². The van der Waals surface area contributed by atoms with Crippen molar-refractivity contribution in [1.82, 2.24) is 20.1 Å². The number of rotatable bonds is 6. The van der Waals surface area contributed by atoms with E-state index >= 15 is 0 Å². The molecule has 4 rings (SSSR count). The van der Waals surface area contributed by atoms with Gasteiger partial charge in [-0.05, 0) is 43.7 Å². The Bertz CT molecular complexity index is 1150. The van der Waals surface area contributed by atoms with Gasteiger partial charge in [-0.25, -0.2) is 4.79 Å². The molecule has 1 aliphatic heterocycles. The third-order valence-corrected chi connectivity index (χ3v) is 5.60. The van der Waals surface area contributed by atoms with Gasteiger partial charge in [0.05, 0.1) is 0 Å². The van der Waals surface area contributed by atoms with Crippen molar-refractivity contribution < 1.29 is 19.1 Å². The van der Waals surface area contributed by atoms with Gasteiger partial charge in [0.15, 0.2) is 16.7 Å². The summed E-state index contributed by atoms with van der Waals surface area (Å²) >= 11 is 1.41. The highest BCUT2D eigenvalue weighted by Crippen LogP contribution is 2.32. The highest BCUT2D eigenvalue weighted by molar-refractivity contribution is 7.99. The number of hydrogen-bond donors (Lipinski definition) is 2. The summed E-state index contributed by atoms with van der Waals surface area (Å²) in [7, 11) is 0. The number of anilines is 1. The van der Waals surface area contributed by atoms with Crippen LogP contribution in [0.15, 0.2) is 47.6 Å². The van der Waals surface area contributed by atoms with E-state index in [4.69, 9.17) is 9.47 Å². The monoisotopic (exact) mass is 453 g/mol. The van der Waals surface area contributed by atoms with Gasteiger partial charge in [-0.15, -0.1) is 10.2 Å². The summed E-state index contributed by atoms with van der Waals surface area (Å²) in [5, 5.41) is 14.0. The van der Waals surface area contributed by atoms with Crippen molar-refractivity contribution in [2.24, 2.45) is 0 Å². The average molecular weight is 454 g/mol. The van der Waals surface area contributed by atoms with Gasteiger partial charge in [-0.2, -0.15) is 0 Å². The first-order chi connectivity index (χ1) is 15.5. The van der Waals surface area contributed by atoms with Crippen LogP contribution in [-0.2, 0) is 4.79 Å². The number of benzene rings is 2. The van der Waals surface area contributed by atoms with Crippen molar-refractivity contribution in [3.63, 3.8) is 0 Å². The molecule has 0 unspecified atom stereocenters. The van der Waals surface area contributed by atoms with Crippen LogP contribution >= 0.6 is 11.8 Å². The predicted molar refractivity (Wildman–Crippen MR) is 121 cm³/mol. The molecule has 0 fully saturated rings. The van der Waals surface area contributed by atoms with Gasteiger partial charge in [-0.1, -0.05) is 23.9 Å². The number of imide groups is 1. The number of ether oxygens (including phenoxy) is 2. The van der Waals surface area contributed by atoms with E-state index in [2.05, 4.69) is 26.9 Å². The summed E-state index contributed by atoms with van der Waals surface area (Å²) < 4.78 is 12.9. The number of urea groups is 1. The minimum Gasteiger partial charge on any atom is -0.486 e. The van der Waals surface area contributed by atoms with Crippen LogP contribution in [-0.4, -0.2) is 45.7 Å². The second-order valence-electron chi connectivity index (χ2n) is 7.16. The molecule has 0 radical (unpaired) electrons. The Morgan fingerprint density at radius 3 is 2.69 bits per heavy atom. The van der Waals surface area contributed by atoms with Crippen LogP contribution in [0.5, 0.6) is 11.5 Å². The van der Waals surface area contributed by atoms with E-state index in [-0.39, 0.29) is 12.3 Å². The molecule has 2 heterocycles. The number of nitrogens with zero attached hydrogens (tertiary/aromatic N) is 3. The number of aromatic nitrogens is 3. The zero-order valence-corrected chi connectivity index (χ0v) is 18.6. The first-order valence-corrected chi connectivity index (χ1v) is 11.1. The smallest absolute Gasteiger partial charge is 0.325 e. The van der Waals surface area contributed by atoms with E-state index in [0.29, 0.717) is 41.3 Å². The Labute approximate surface area is 189 Å². The molecule has 0 bridgehead atoms. The maximum Gasteiger partial charge on any atom is 0.325 e. The predicted octanol–water partition coefficient (Wildman–Crippen LogP) is 3.49. The van der Waals surface area contributed by atoms with E-state index in [1.54, 1.807) is 18.2 Å². The summed E-state index contributed by atoms with van der Waals surface area (Å²) in [6.07, 6.45) is 0.152. The van der Waals surface area contributed by atoms with Crippen LogP contribution in [0.4, 0.5) is 10.5 Å². The minimum absolute atomic E-state index is 0.152. The second-order valence-corrected chi connectivity index (χ2v) is 8.23. The fourth-order valence-electron chi connectivity index (χ4n) is 3.21. The van der Waals surface area contributed by atoms with Crippen LogP contribution < -0.4 is 20.1 Å². The van der Waals surface area contributed by atoms with Gasteiger partial charge < -0.3 is 14.8 Å². The number of amides is 3. The van der Waals surface area contributed by atoms with Crippen molar-refractivity contribution in [2.75, 3.05) is 24.3 Å². The molecule has 2 N–H and O–H groups in total. The van der Waals surface area contributed by atoms with E-state index in [0.717, 1.165) is 17.1 Å². The fraction of sp³-hybridized carbons (Fsp3) is 0.273. The summed E-state index contributed by atoms with van der Waals surface area (Å²) in [5.41, 5.74) is 2.61. The molecule has 1 aromatic heterocycles.